The molecule has 0 spiro atoms. The lowest BCUT2D eigenvalue weighted by atomic mass is 10.1. The van der Waals surface area contributed by atoms with Crippen LogP contribution in [0.15, 0.2) is 42.5 Å². The standard InChI is InChI=1S/C11H10ClN/c1-13(12)11-8-4-6-9-5-2-3-7-10(9)11/h2-8H,1H3. The summed E-state index contributed by atoms with van der Waals surface area (Å²) >= 11 is 5.92. The van der Waals surface area contributed by atoms with Crippen molar-refractivity contribution in [3.63, 3.8) is 0 Å². The summed E-state index contributed by atoms with van der Waals surface area (Å²) in [6.07, 6.45) is 0. The van der Waals surface area contributed by atoms with Gasteiger partial charge in [0.2, 0.25) is 0 Å². The van der Waals surface area contributed by atoms with E-state index >= 15 is 0 Å². The topological polar surface area (TPSA) is 3.24 Å². The summed E-state index contributed by atoms with van der Waals surface area (Å²) < 4.78 is 1.61. The first-order valence-electron chi connectivity index (χ1n) is 4.16. The van der Waals surface area contributed by atoms with Gasteiger partial charge in [0.25, 0.3) is 0 Å². The number of hydrogen-bond donors (Lipinski definition) is 0. The molecular formula is C11H10ClN. The first-order valence-corrected chi connectivity index (χ1v) is 4.50. The molecule has 0 fully saturated rings. The maximum Gasteiger partial charge on any atom is 0.0598 e. The highest BCUT2D eigenvalue weighted by atomic mass is 35.5. The van der Waals surface area contributed by atoms with Gasteiger partial charge >= 0.3 is 0 Å². The lowest BCUT2D eigenvalue weighted by Crippen LogP contribution is -2.00. The highest BCUT2D eigenvalue weighted by Gasteiger charge is 2.01. The molecule has 0 aliphatic rings. The van der Waals surface area contributed by atoms with E-state index in [0.29, 0.717) is 0 Å². The van der Waals surface area contributed by atoms with Crippen molar-refractivity contribution in [2.75, 3.05) is 11.5 Å². The van der Waals surface area contributed by atoms with Gasteiger partial charge < -0.3 is 0 Å². The van der Waals surface area contributed by atoms with Gasteiger partial charge in [-0.15, -0.1) is 0 Å². The summed E-state index contributed by atoms with van der Waals surface area (Å²) in [6, 6.07) is 14.3. The number of hydrogen-bond acceptors (Lipinski definition) is 1. The summed E-state index contributed by atoms with van der Waals surface area (Å²) in [5.74, 6) is 0. The quantitative estimate of drug-likeness (QED) is 0.625. The largest absolute Gasteiger partial charge is 0.288 e. The first kappa shape index (κ1) is 8.39. The van der Waals surface area contributed by atoms with E-state index in [2.05, 4.69) is 18.2 Å². The Morgan fingerprint density at radius 1 is 1.00 bits per heavy atom. The Balaban J connectivity index is 2.76. The monoisotopic (exact) mass is 191 g/mol. The Morgan fingerprint density at radius 2 is 1.69 bits per heavy atom. The van der Waals surface area contributed by atoms with Crippen LogP contribution in [0.5, 0.6) is 0 Å². The minimum absolute atomic E-state index is 1.04. The molecule has 0 aliphatic heterocycles. The van der Waals surface area contributed by atoms with Gasteiger partial charge in [0, 0.05) is 24.2 Å². The summed E-state index contributed by atoms with van der Waals surface area (Å²) in [5.41, 5.74) is 1.04. The maximum absolute atomic E-state index is 5.92. The zero-order valence-corrected chi connectivity index (χ0v) is 8.12. The van der Waals surface area contributed by atoms with Gasteiger partial charge in [-0.05, 0) is 11.5 Å². The molecule has 0 atom stereocenters. The summed E-state index contributed by atoms with van der Waals surface area (Å²) in [4.78, 5) is 0. The molecule has 0 aromatic heterocycles. The second kappa shape index (κ2) is 3.27. The van der Waals surface area contributed by atoms with Crippen LogP contribution in [-0.2, 0) is 0 Å². The van der Waals surface area contributed by atoms with Crippen LogP contribution in [0.4, 0.5) is 5.69 Å². The molecule has 0 N–H and O–H groups in total. The molecule has 0 aliphatic carbocycles. The van der Waals surface area contributed by atoms with E-state index in [1.807, 2.05) is 31.3 Å². The van der Waals surface area contributed by atoms with Crippen molar-refractivity contribution in [1.29, 1.82) is 0 Å². The van der Waals surface area contributed by atoms with Crippen molar-refractivity contribution >= 4 is 28.2 Å². The van der Waals surface area contributed by atoms with Crippen LogP contribution in [0.25, 0.3) is 10.8 Å². The van der Waals surface area contributed by atoms with Crippen molar-refractivity contribution < 1.29 is 0 Å². The average Bonchev–Trinajstić information content (AvgIpc) is 2.17. The van der Waals surface area contributed by atoms with Crippen molar-refractivity contribution in [3.8, 4) is 0 Å². The van der Waals surface area contributed by atoms with E-state index in [1.54, 1.807) is 4.42 Å². The maximum atomic E-state index is 5.92. The Morgan fingerprint density at radius 3 is 2.46 bits per heavy atom. The summed E-state index contributed by atoms with van der Waals surface area (Å²) in [5, 5.41) is 2.40. The van der Waals surface area contributed by atoms with E-state index in [0.717, 1.165) is 5.69 Å². The molecule has 0 bridgehead atoms. The Kier molecular flexibility index (Phi) is 2.11. The highest BCUT2D eigenvalue weighted by molar-refractivity contribution is 6.27. The van der Waals surface area contributed by atoms with Gasteiger partial charge in [0.1, 0.15) is 0 Å². The van der Waals surface area contributed by atoms with Gasteiger partial charge in [-0.3, -0.25) is 4.42 Å². The van der Waals surface area contributed by atoms with Gasteiger partial charge in [-0.2, -0.15) is 0 Å². The molecule has 0 unspecified atom stereocenters. The predicted octanol–water partition coefficient (Wildman–Crippen LogP) is 3.43. The van der Waals surface area contributed by atoms with Crippen LogP contribution >= 0.6 is 11.8 Å². The van der Waals surface area contributed by atoms with E-state index in [-0.39, 0.29) is 0 Å². The lowest BCUT2D eigenvalue weighted by Gasteiger charge is -2.11. The van der Waals surface area contributed by atoms with Crippen LogP contribution < -0.4 is 4.42 Å². The molecule has 0 amide bonds. The van der Waals surface area contributed by atoms with E-state index in [9.17, 15) is 0 Å². The first-order chi connectivity index (χ1) is 6.29. The number of rotatable bonds is 1. The number of fused-ring (bicyclic) bond motifs is 1. The molecule has 2 heteroatoms. The van der Waals surface area contributed by atoms with Crippen LogP contribution in [0.2, 0.25) is 0 Å². The number of halogens is 1. The fourth-order valence-electron chi connectivity index (χ4n) is 1.48. The zero-order valence-electron chi connectivity index (χ0n) is 7.37. The predicted molar refractivity (Wildman–Crippen MR) is 58.2 cm³/mol. The minimum Gasteiger partial charge on any atom is -0.288 e. The molecule has 66 valence electrons. The van der Waals surface area contributed by atoms with Crippen LogP contribution in [0.1, 0.15) is 0 Å². The van der Waals surface area contributed by atoms with Gasteiger partial charge in [-0.1, -0.05) is 36.4 Å². The molecule has 1 nitrogen and oxygen atoms in total. The SMILES string of the molecule is CN(Cl)c1cccc2ccccc12. The van der Waals surface area contributed by atoms with E-state index in [4.69, 9.17) is 11.8 Å². The van der Waals surface area contributed by atoms with Crippen molar-refractivity contribution in [2.24, 2.45) is 0 Å². The molecular weight excluding hydrogens is 182 g/mol. The Bertz CT molecular complexity index is 418. The van der Waals surface area contributed by atoms with Crippen molar-refractivity contribution in [3.05, 3.63) is 42.5 Å². The summed E-state index contributed by atoms with van der Waals surface area (Å²) in [6.45, 7) is 0. The number of anilines is 1. The van der Waals surface area contributed by atoms with E-state index in [1.165, 1.54) is 10.8 Å². The van der Waals surface area contributed by atoms with Crippen LogP contribution in [0.3, 0.4) is 0 Å². The molecule has 2 aromatic carbocycles. The third kappa shape index (κ3) is 1.47. The minimum atomic E-state index is 1.04. The van der Waals surface area contributed by atoms with Crippen LogP contribution in [0, 0.1) is 0 Å². The van der Waals surface area contributed by atoms with Gasteiger partial charge in [0.15, 0.2) is 0 Å². The molecule has 13 heavy (non-hydrogen) atoms. The van der Waals surface area contributed by atoms with Crippen LogP contribution in [-0.4, -0.2) is 7.05 Å². The molecule has 0 radical (unpaired) electrons. The fourth-order valence-corrected chi connectivity index (χ4v) is 1.62. The van der Waals surface area contributed by atoms with Crippen molar-refractivity contribution in [1.82, 2.24) is 0 Å². The van der Waals surface area contributed by atoms with Gasteiger partial charge in [-0.25, -0.2) is 0 Å². The Labute approximate surface area is 82.7 Å². The third-order valence-corrected chi connectivity index (χ3v) is 2.28. The Hall–Kier alpha value is -1.21. The van der Waals surface area contributed by atoms with Gasteiger partial charge in [0.05, 0.1) is 5.69 Å². The third-order valence-electron chi connectivity index (χ3n) is 2.10. The van der Waals surface area contributed by atoms with Crippen molar-refractivity contribution in [2.45, 2.75) is 0 Å². The second-order valence-electron chi connectivity index (χ2n) is 2.98. The molecule has 0 saturated heterocycles. The molecule has 0 saturated carbocycles. The average molecular weight is 192 g/mol. The lowest BCUT2D eigenvalue weighted by molar-refractivity contribution is 1.36. The zero-order chi connectivity index (χ0) is 9.26. The smallest absolute Gasteiger partial charge is 0.0598 e. The fraction of sp³-hybridized carbons (Fsp3) is 0.0909. The molecule has 2 rings (SSSR count). The van der Waals surface area contributed by atoms with E-state index < -0.39 is 0 Å². The summed E-state index contributed by atoms with van der Waals surface area (Å²) in [7, 11) is 1.84. The number of nitrogens with zero attached hydrogens (tertiary/aromatic N) is 1. The highest BCUT2D eigenvalue weighted by Crippen LogP contribution is 2.26. The molecule has 2 aromatic rings. The number of benzene rings is 2. The second-order valence-corrected chi connectivity index (χ2v) is 3.48. The molecule has 0 heterocycles. The normalized spacial score (nSPS) is 10.3.